The van der Waals surface area contributed by atoms with Gasteiger partial charge in [-0.15, -0.1) is 0 Å². The topological polar surface area (TPSA) is 112 Å². The fraction of sp³-hybridized carbons (Fsp3) is 0.536. The number of piperidine rings is 1. The molecule has 5 rings (SSSR count). The molecule has 2 fully saturated rings. The molecule has 0 spiro atoms. The van der Waals surface area contributed by atoms with Crippen molar-refractivity contribution >= 4 is 43.9 Å². The Labute approximate surface area is 233 Å². The molecular formula is C28H36F2N6O3S. The highest BCUT2D eigenvalue weighted by molar-refractivity contribution is 7.90. The Hall–Kier alpha value is -3.12. The summed E-state index contributed by atoms with van der Waals surface area (Å²) in [5, 5.41) is 15.2. The lowest BCUT2D eigenvalue weighted by Crippen LogP contribution is -2.59. The van der Waals surface area contributed by atoms with Gasteiger partial charge in [-0.2, -0.15) is 4.98 Å². The first-order valence-electron chi connectivity index (χ1n) is 13.5. The molecule has 0 aliphatic carbocycles. The predicted octanol–water partition coefficient (Wildman–Crippen LogP) is 4.36. The van der Waals surface area contributed by atoms with E-state index in [1.165, 1.54) is 17.4 Å². The van der Waals surface area contributed by atoms with Gasteiger partial charge < -0.3 is 20.2 Å². The van der Waals surface area contributed by atoms with E-state index in [-0.39, 0.29) is 42.5 Å². The van der Waals surface area contributed by atoms with Gasteiger partial charge >= 0.3 is 0 Å². The normalized spacial score (nSPS) is 24.8. The molecule has 216 valence electrons. The maximum atomic E-state index is 14.5. The van der Waals surface area contributed by atoms with Crippen LogP contribution in [0.1, 0.15) is 45.6 Å². The van der Waals surface area contributed by atoms with Crippen LogP contribution in [0.3, 0.4) is 0 Å². The zero-order valence-corrected chi connectivity index (χ0v) is 24.2. The predicted molar refractivity (Wildman–Crippen MR) is 154 cm³/mol. The van der Waals surface area contributed by atoms with Gasteiger partial charge in [0, 0.05) is 54.8 Å². The summed E-state index contributed by atoms with van der Waals surface area (Å²) < 4.78 is 52.5. The van der Waals surface area contributed by atoms with Crippen LogP contribution in [0.25, 0.3) is 10.8 Å². The standard InChI is InChI=1S/C28H36F2N6O3S/c1-17(2)20-6-7-23(36-14-19(18(36)3)15-40(5,38)39)22-13-32-25(12-21(20)22)33-24-8-10-31-26(34-24)35-11-9-27(4,37)28(29,30)16-35/h6-8,10,12-13,17-19,37H,9,11,14-16H2,1-5H3,(H,31,32,33,34)/t18-,19-,27?/m1/s1. The van der Waals surface area contributed by atoms with Crippen molar-refractivity contribution in [3.63, 3.8) is 0 Å². The Bertz CT molecular complexity index is 1530. The number of hydrogen-bond donors (Lipinski definition) is 2. The van der Waals surface area contributed by atoms with Crippen molar-refractivity contribution in [3.05, 3.63) is 42.2 Å². The average molecular weight is 575 g/mol. The first kappa shape index (κ1) is 28.4. The third kappa shape index (κ3) is 5.43. The minimum Gasteiger partial charge on any atom is -0.384 e. The number of hydrogen-bond acceptors (Lipinski definition) is 9. The Morgan fingerprint density at radius 1 is 1.18 bits per heavy atom. The highest BCUT2D eigenvalue weighted by Crippen LogP contribution is 2.40. The molecule has 0 saturated carbocycles. The first-order chi connectivity index (χ1) is 18.6. The maximum absolute atomic E-state index is 14.5. The van der Waals surface area contributed by atoms with Crippen LogP contribution in [0.5, 0.6) is 0 Å². The van der Waals surface area contributed by atoms with E-state index in [2.05, 4.69) is 58.1 Å². The molecule has 2 N–H and O–H groups in total. The molecule has 3 atom stereocenters. The smallest absolute Gasteiger partial charge is 0.293 e. The summed E-state index contributed by atoms with van der Waals surface area (Å²) in [5.41, 5.74) is 0.0991. The zero-order chi connectivity index (χ0) is 29.0. The van der Waals surface area contributed by atoms with Crippen molar-refractivity contribution in [1.82, 2.24) is 15.0 Å². The molecule has 1 unspecified atom stereocenters. The summed E-state index contributed by atoms with van der Waals surface area (Å²) in [6.07, 6.45) is 4.50. The third-order valence-electron chi connectivity index (χ3n) is 8.19. The van der Waals surface area contributed by atoms with Gasteiger partial charge in [0.2, 0.25) is 5.95 Å². The highest BCUT2D eigenvalue weighted by Gasteiger charge is 2.53. The van der Waals surface area contributed by atoms with E-state index in [0.717, 1.165) is 28.9 Å². The molecule has 2 aliphatic heterocycles. The van der Waals surface area contributed by atoms with Crippen LogP contribution in [0, 0.1) is 5.92 Å². The second kappa shape index (κ2) is 10.1. The van der Waals surface area contributed by atoms with Crippen LogP contribution in [0.15, 0.2) is 36.7 Å². The molecule has 3 aromatic rings. The lowest BCUT2D eigenvalue weighted by atomic mass is 9.88. The number of nitrogens with zero attached hydrogens (tertiary/aromatic N) is 5. The zero-order valence-electron chi connectivity index (χ0n) is 23.4. The van der Waals surface area contributed by atoms with E-state index in [4.69, 9.17) is 0 Å². The molecule has 12 heteroatoms. The molecule has 0 amide bonds. The van der Waals surface area contributed by atoms with E-state index in [1.54, 1.807) is 6.07 Å². The van der Waals surface area contributed by atoms with E-state index >= 15 is 0 Å². The molecule has 2 aliphatic rings. The minimum atomic E-state index is -3.29. The molecular weight excluding hydrogens is 538 g/mol. The van der Waals surface area contributed by atoms with Crippen LogP contribution < -0.4 is 15.1 Å². The number of benzene rings is 1. The van der Waals surface area contributed by atoms with Crippen LogP contribution >= 0.6 is 0 Å². The van der Waals surface area contributed by atoms with E-state index < -0.39 is 27.9 Å². The van der Waals surface area contributed by atoms with Gasteiger partial charge in [0.25, 0.3) is 5.92 Å². The molecule has 2 saturated heterocycles. The fourth-order valence-corrected chi connectivity index (χ4v) is 6.71. The van der Waals surface area contributed by atoms with Crippen molar-refractivity contribution in [3.8, 4) is 0 Å². The molecule has 1 aromatic carbocycles. The highest BCUT2D eigenvalue weighted by atomic mass is 32.2. The number of aliphatic hydroxyl groups is 1. The van der Waals surface area contributed by atoms with Gasteiger partial charge in [0.05, 0.1) is 12.3 Å². The number of fused-ring (bicyclic) bond motifs is 1. The molecule has 4 heterocycles. The monoisotopic (exact) mass is 574 g/mol. The van der Waals surface area contributed by atoms with Gasteiger partial charge in [0.15, 0.2) is 0 Å². The Kier molecular flexibility index (Phi) is 7.14. The summed E-state index contributed by atoms with van der Waals surface area (Å²) in [6, 6.07) is 7.89. The number of alkyl halides is 2. The number of sulfone groups is 1. The summed E-state index contributed by atoms with van der Waals surface area (Å²) in [7, 11) is -3.05. The first-order valence-corrected chi connectivity index (χ1v) is 15.5. The van der Waals surface area contributed by atoms with Crippen molar-refractivity contribution in [2.45, 2.75) is 57.6 Å². The van der Waals surface area contributed by atoms with Crippen molar-refractivity contribution in [2.75, 3.05) is 46.8 Å². The van der Waals surface area contributed by atoms with Crippen LogP contribution in [-0.4, -0.2) is 77.7 Å². The Morgan fingerprint density at radius 3 is 2.58 bits per heavy atom. The Balaban J connectivity index is 1.41. The third-order valence-corrected chi connectivity index (χ3v) is 9.23. The molecule has 2 aromatic heterocycles. The average Bonchev–Trinajstić information content (AvgIpc) is 2.86. The molecule has 40 heavy (non-hydrogen) atoms. The van der Waals surface area contributed by atoms with Crippen molar-refractivity contribution < 1.29 is 22.3 Å². The maximum Gasteiger partial charge on any atom is 0.293 e. The summed E-state index contributed by atoms with van der Waals surface area (Å²) in [4.78, 5) is 16.9. The van der Waals surface area contributed by atoms with Crippen LogP contribution in [-0.2, 0) is 9.84 Å². The second-order valence-electron chi connectivity index (χ2n) is 11.7. The van der Waals surface area contributed by atoms with Gasteiger partial charge in [-0.05, 0) is 55.3 Å². The quantitative estimate of drug-likeness (QED) is 0.425. The van der Waals surface area contributed by atoms with E-state index in [0.29, 0.717) is 18.2 Å². The van der Waals surface area contributed by atoms with Gasteiger partial charge in [-0.3, -0.25) is 0 Å². The Morgan fingerprint density at radius 2 is 1.93 bits per heavy atom. The number of pyridine rings is 1. The summed E-state index contributed by atoms with van der Waals surface area (Å²) in [5.74, 6) is -1.66. The number of nitrogens with one attached hydrogen (secondary N) is 1. The number of rotatable bonds is 7. The number of halogens is 2. The van der Waals surface area contributed by atoms with E-state index in [1.807, 2.05) is 12.3 Å². The van der Waals surface area contributed by atoms with Gasteiger partial charge in [-0.1, -0.05) is 19.9 Å². The number of anilines is 4. The molecule has 0 bridgehead atoms. The lowest BCUT2D eigenvalue weighted by Gasteiger charge is -2.48. The van der Waals surface area contributed by atoms with E-state index in [9.17, 15) is 22.3 Å². The summed E-state index contributed by atoms with van der Waals surface area (Å²) in [6.45, 7) is 7.66. The number of aromatic nitrogens is 3. The van der Waals surface area contributed by atoms with Gasteiger partial charge in [0.1, 0.15) is 27.1 Å². The lowest BCUT2D eigenvalue weighted by molar-refractivity contribution is -0.177. The van der Waals surface area contributed by atoms with Crippen molar-refractivity contribution in [2.24, 2.45) is 5.92 Å². The van der Waals surface area contributed by atoms with Crippen LogP contribution in [0.2, 0.25) is 0 Å². The molecule has 0 radical (unpaired) electrons. The summed E-state index contributed by atoms with van der Waals surface area (Å²) >= 11 is 0. The van der Waals surface area contributed by atoms with Crippen molar-refractivity contribution in [1.29, 1.82) is 0 Å². The van der Waals surface area contributed by atoms with Crippen LogP contribution in [0.4, 0.5) is 32.1 Å². The largest absolute Gasteiger partial charge is 0.384 e. The molecule has 9 nitrogen and oxygen atoms in total. The minimum absolute atomic E-state index is 0.0849. The van der Waals surface area contributed by atoms with Gasteiger partial charge in [-0.25, -0.2) is 27.2 Å². The SMILES string of the molecule is CC(C)c1ccc(N2C[C@H](CS(C)(=O)=O)[C@H]2C)c2cnc(Nc3ccnc(N4CCC(C)(O)C(F)(F)C4)n3)cc12. The second-order valence-corrected chi connectivity index (χ2v) is 13.9. The fourth-order valence-electron chi connectivity index (χ4n) is 5.55.